The minimum absolute atomic E-state index is 0.125. The van der Waals surface area contributed by atoms with Gasteiger partial charge in [0.25, 0.3) is 5.91 Å². The molecule has 0 radical (unpaired) electrons. The van der Waals surface area contributed by atoms with Crippen LogP contribution in [0.25, 0.3) is 44.5 Å². The summed E-state index contributed by atoms with van der Waals surface area (Å²) < 4.78 is 2.20. The number of carbonyl (C=O) groups excluding carboxylic acids is 2. The number of nitrogens with one attached hydrogen (secondary N) is 2. The van der Waals surface area contributed by atoms with E-state index in [1.807, 2.05) is 29.3 Å². The Labute approximate surface area is 226 Å². The summed E-state index contributed by atoms with van der Waals surface area (Å²) in [6, 6.07) is 22.7. The summed E-state index contributed by atoms with van der Waals surface area (Å²) in [7, 11) is 1.66. The molecule has 2 amide bonds. The van der Waals surface area contributed by atoms with Gasteiger partial charge < -0.3 is 19.8 Å². The van der Waals surface area contributed by atoms with Gasteiger partial charge in [0.1, 0.15) is 5.82 Å². The molecule has 7 nitrogen and oxygen atoms in total. The van der Waals surface area contributed by atoms with Gasteiger partial charge in [-0.2, -0.15) is 0 Å². The van der Waals surface area contributed by atoms with Crippen LogP contribution in [0.1, 0.15) is 29.6 Å². The predicted molar refractivity (Wildman–Crippen MR) is 153 cm³/mol. The molecule has 3 heterocycles. The molecular formula is C32H31N5O2. The smallest absolute Gasteiger partial charge is 0.253 e. The molecule has 0 unspecified atom stereocenters. The quantitative estimate of drug-likeness (QED) is 0.313. The van der Waals surface area contributed by atoms with Crippen molar-refractivity contribution in [3.05, 3.63) is 78.5 Å². The topological polar surface area (TPSA) is 83.0 Å². The van der Waals surface area contributed by atoms with Gasteiger partial charge in [-0.25, -0.2) is 4.98 Å². The number of aromatic amines is 1. The van der Waals surface area contributed by atoms with Crippen LogP contribution < -0.4 is 5.32 Å². The molecule has 7 rings (SSSR count). The molecule has 1 saturated heterocycles. The Morgan fingerprint density at radius 3 is 2.56 bits per heavy atom. The number of hydrogen-bond acceptors (Lipinski definition) is 3. The van der Waals surface area contributed by atoms with Gasteiger partial charge in [-0.15, -0.1) is 0 Å². The third-order valence-electron chi connectivity index (χ3n) is 8.23. The van der Waals surface area contributed by atoms with E-state index < -0.39 is 0 Å². The number of imidazole rings is 1. The summed E-state index contributed by atoms with van der Waals surface area (Å²) in [4.78, 5) is 35.9. The van der Waals surface area contributed by atoms with E-state index in [9.17, 15) is 9.59 Å². The molecule has 1 aliphatic carbocycles. The number of amides is 2. The fourth-order valence-corrected chi connectivity index (χ4v) is 5.97. The van der Waals surface area contributed by atoms with E-state index in [1.165, 1.54) is 5.39 Å². The van der Waals surface area contributed by atoms with E-state index >= 15 is 0 Å². The van der Waals surface area contributed by atoms with Crippen molar-refractivity contribution in [3.8, 4) is 22.5 Å². The van der Waals surface area contributed by atoms with E-state index in [-0.39, 0.29) is 11.8 Å². The average molecular weight is 518 g/mol. The first-order valence-electron chi connectivity index (χ1n) is 13.8. The highest BCUT2D eigenvalue weighted by Gasteiger charge is 2.37. The Bertz CT molecular complexity index is 1710. The molecule has 1 saturated carbocycles. The summed E-state index contributed by atoms with van der Waals surface area (Å²) in [5, 5.41) is 3.98. The molecule has 2 aliphatic rings. The Balaban J connectivity index is 1.26. The third kappa shape index (κ3) is 4.28. The largest absolute Gasteiger partial charge is 0.361 e. The van der Waals surface area contributed by atoms with Crippen LogP contribution in [0.4, 0.5) is 0 Å². The van der Waals surface area contributed by atoms with Crippen LogP contribution in [-0.2, 0) is 11.3 Å². The van der Waals surface area contributed by atoms with Crippen molar-refractivity contribution in [3.63, 3.8) is 0 Å². The molecule has 1 aliphatic heterocycles. The zero-order chi connectivity index (χ0) is 26.5. The number of carbonyl (C=O) groups is 2. The van der Waals surface area contributed by atoms with Crippen LogP contribution in [0.2, 0.25) is 0 Å². The summed E-state index contributed by atoms with van der Waals surface area (Å²) in [6.07, 6.45) is 4.97. The normalized spacial score (nSPS) is 17.3. The second-order valence-corrected chi connectivity index (χ2v) is 10.9. The van der Waals surface area contributed by atoms with Gasteiger partial charge >= 0.3 is 0 Å². The molecule has 3 aromatic carbocycles. The number of nitrogens with zero attached hydrogens (tertiary/aromatic N) is 3. The second kappa shape index (κ2) is 9.42. The van der Waals surface area contributed by atoms with Crippen LogP contribution in [0.3, 0.4) is 0 Å². The molecule has 0 spiro atoms. The molecule has 1 atom stereocenters. The zero-order valence-corrected chi connectivity index (χ0v) is 22.0. The Morgan fingerprint density at radius 1 is 0.974 bits per heavy atom. The lowest BCUT2D eigenvalue weighted by Gasteiger charge is -2.18. The van der Waals surface area contributed by atoms with Gasteiger partial charge in [0.15, 0.2) is 0 Å². The molecule has 196 valence electrons. The van der Waals surface area contributed by atoms with Crippen LogP contribution in [0, 0.1) is 11.8 Å². The third-order valence-corrected chi connectivity index (χ3v) is 8.23. The first-order valence-corrected chi connectivity index (χ1v) is 13.8. The number of aromatic nitrogens is 3. The van der Waals surface area contributed by atoms with Crippen molar-refractivity contribution >= 4 is 33.8 Å². The summed E-state index contributed by atoms with van der Waals surface area (Å²) >= 11 is 0. The molecular weight excluding hydrogens is 486 g/mol. The standard InChI is InChI=1S/C32H31N5O2/c1-33-31(38)26-3-2-4-27-29(26)37(19-20-14-16-36(18-20)32(39)24-10-11-24)30(35-27)23-8-5-21(6-9-23)25-12-7-22-13-15-34-28(22)17-25/h2-9,12-13,15,17,20,24,34H,10-11,14,16,18-19H2,1H3,(H,33,38)/t20-/m1/s1. The van der Waals surface area contributed by atoms with Gasteiger partial charge in [-0.3, -0.25) is 9.59 Å². The summed E-state index contributed by atoms with van der Waals surface area (Å²) in [5.74, 6) is 1.59. The highest BCUT2D eigenvalue weighted by atomic mass is 16.2. The molecule has 2 aromatic heterocycles. The average Bonchev–Trinajstić information content (AvgIpc) is 3.36. The van der Waals surface area contributed by atoms with E-state index in [0.717, 1.165) is 71.4 Å². The number of likely N-dealkylation sites (tertiary alicyclic amines) is 1. The van der Waals surface area contributed by atoms with Crippen molar-refractivity contribution in [2.24, 2.45) is 11.8 Å². The zero-order valence-electron chi connectivity index (χ0n) is 22.0. The number of benzene rings is 3. The fraction of sp³-hybridized carbons (Fsp3) is 0.281. The van der Waals surface area contributed by atoms with Gasteiger partial charge in [0.2, 0.25) is 5.91 Å². The maximum atomic E-state index is 12.9. The van der Waals surface area contributed by atoms with E-state index in [2.05, 4.69) is 63.4 Å². The fourth-order valence-electron chi connectivity index (χ4n) is 5.97. The highest BCUT2D eigenvalue weighted by molar-refractivity contribution is 6.05. The molecule has 7 heteroatoms. The first kappa shape index (κ1) is 23.7. The summed E-state index contributed by atoms with van der Waals surface area (Å²) in [5.41, 5.74) is 6.67. The maximum absolute atomic E-state index is 12.9. The number of fused-ring (bicyclic) bond motifs is 2. The lowest BCUT2D eigenvalue weighted by atomic mass is 10.0. The Morgan fingerprint density at radius 2 is 1.77 bits per heavy atom. The lowest BCUT2D eigenvalue weighted by molar-refractivity contribution is -0.131. The van der Waals surface area contributed by atoms with E-state index in [0.29, 0.717) is 23.9 Å². The molecule has 2 fully saturated rings. The van der Waals surface area contributed by atoms with Crippen molar-refractivity contribution in [2.45, 2.75) is 25.8 Å². The van der Waals surface area contributed by atoms with Gasteiger partial charge in [0, 0.05) is 49.9 Å². The lowest BCUT2D eigenvalue weighted by Crippen LogP contribution is -2.30. The maximum Gasteiger partial charge on any atom is 0.253 e. The first-order chi connectivity index (χ1) is 19.1. The number of hydrogen-bond donors (Lipinski definition) is 2. The van der Waals surface area contributed by atoms with Gasteiger partial charge in [-0.05, 0) is 66.0 Å². The number of rotatable bonds is 6. The minimum Gasteiger partial charge on any atom is -0.361 e. The number of para-hydroxylation sites is 1. The van der Waals surface area contributed by atoms with Crippen molar-refractivity contribution in [2.75, 3.05) is 20.1 Å². The van der Waals surface area contributed by atoms with E-state index in [1.54, 1.807) is 7.05 Å². The van der Waals surface area contributed by atoms with Crippen LogP contribution in [0.15, 0.2) is 72.9 Å². The second-order valence-electron chi connectivity index (χ2n) is 10.9. The van der Waals surface area contributed by atoms with Crippen molar-refractivity contribution in [1.82, 2.24) is 24.8 Å². The van der Waals surface area contributed by atoms with Crippen LogP contribution in [-0.4, -0.2) is 51.4 Å². The van der Waals surface area contributed by atoms with Crippen molar-refractivity contribution in [1.29, 1.82) is 0 Å². The van der Waals surface area contributed by atoms with Gasteiger partial charge in [0.05, 0.1) is 16.6 Å². The molecule has 0 bridgehead atoms. The monoisotopic (exact) mass is 517 g/mol. The van der Waals surface area contributed by atoms with Crippen molar-refractivity contribution < 1.29 is 9.59 Å². The summed E-state index contributed by atoms with van der Waals surface area (Å²) in [6.45, 7) is 2.28. The van der Waals surface area contributed by atoms with E-state index in [4.69, 9.17) is 4.98 Å². The van der Waals surface area contributed by atoms with Gasteiger partial charge in [-0.1, -0.05) is 42.5 Å². The Hall–Kier alpha value is -4.39. The Kier molecular flexibility index (Phi) is 5.72. The minimum atomic E-state index is -0.125. The number of H-pyrrole nitrogens is 1. The van der Waals surface area contributed by atoms with Crippen LogP contribution >= 0.6 is 0 Å². The highest BCUT2D eigenvalue weighted by Crippen LogP contribution is 2.35. The predicted octanol–water partition coefficient (Wildman–Crippen LogP) is 5.47. The molecule has 5 aromatic rings. The molecule has 2 N–H and O–H groups in total. The molecule has 39 heavy (non-hydrogen) atoms. The SMILES string of the molecule is CNC(=O)c1cccc2nc(-c3ccc(-c4ccc5cc[nH]c5c4)cc3)n(C[C@@H]3CCN(C(=O)C4CC4)C3)c12. The van der Waals surface area contributed by atoms with Crippen LogP contribution in [0.5, 0.6) is 0 Å².